The number of hydrogen-bond acceptors (Lipinski definition) is 7. The molecule has 47 heavy (non-hydrogen) atoms. The number of nitrogens with one attached hydrogen (secondary N) is 3. The second-order valence-electron chi connectivity index (χ2n) is 14.8. The van der Waals surface area contributed by atoms with E-state index in [1.807, 2.05) is 78.8 Å². The standard InChI is InChI=1S/C36H53N5O5S/c1-23(2)28(22-24(3)31(42)40-47(45,46)27-18-16-26(17-19-27)36(37)20-21-36)41(10)33(44)30(34(4,5)6)39-32(43)29(38-9)35(7,8)25-14-12-11-13-15-25/h11-19,22-23,28-30,38H,20-21,37H2,1-10H3,(H,39,43)(H,40,42). The zero-order valence-electron chi connectivity index (χ0n) is 29.5. The van der Waals surface area contributed by atoms with Crippen LogP contribution in [0.25, 0.3) is 0 Å². The van der Waals surface area contributed by atoms with E-state index in [1.165, 1.54) is 24.0 Å². The average molecular weight is 668 g/mol. The van der Waals surface area contributed by atoms with E-state index in [1.54, 1.807) is 32.3 Å². The number of rotatable bonds is 13. The Labute approximate surface area is 281 Å². The highest BCUT2D eigenvalue weighted by Gasteiger charge is 2.42. The lowest BCUT2D eigenvalue weighted by atomic mass is 9.76. The van der Waals surface area contributed by atoms with Crippen LogP contribution >= 0.6 is 0 Å². The topological polar surface area (TPSA) is 151 Å². The lowest BCUT2D eigenvalue weighted by Crippen LogP contribution is -2.61. The van der Waals surface area contributed by atoms with E-state index in [2.05, 4.69) is 15.4 Å². The Hall–Kier alpha value is -3.54. The summed E-state index contributed by atoms with van der Waals surface area (Å²) in [4.78, 5) is 42.5. The predicted molar refractivity (Wildman–Crippen MR) is 186 cm³/mol. The fourth-order valence-electron chi connectivity index (χ4n) is 5.81. The van der Waals surface area contributed by atoms with Crippen molar-refractivity contribution in [2.75, 3.05) is 14.1 Å². The predicted octanol–water partition coefficient (Wildman–Crippen LogP) is 3.97. The van der Waals surface area contributed by atoms with E-state index in [4.69, 9.17) is 5.73 Å². The van der Waals surface area contributed by atoms with Crippen LogP contribution in [0.15, 0.2) is 71.1 Å². The summed E-state index contributed by atoms with van der Waals surface area (Å²) in [5, 5.41) is 6.16. The molecule has 0 aromatic heterocycles. The van der Waals surface area contributed by atoms with Crippen LogP contribution in [0.3, 0.4) is 0 Å². The molecule has 0 bridgehead atoms. The van der Waals surface area contributed by atoms with Gasteiger partial charge < -0.3 is 21.3 Å². The fraction of sp³-hybridized carbons (Fsp3) is 0.528. The Morgan fingerprint density at radius 2 is 1.49 bits per heavy atom. The Bertz CT molecular complexity index is 1570. The smallest absolute Gasteiger partial charge is 0.264 e. The zero-order valence-corrected chi connectivity index (χ0v) is 30.3. The van der Waals surface area contributed by atoms with E-state index >= 15 is 0 Å². The van der Waals surface area contributed by atoms with Gasteiger partial charge in [0.15, 0.2) is 0 Å². The molecule has 3 unspecified atom stereocenters. The molecule has 2 aromatic carbocycles. The molecule has 0 aliphatic heterocycles. The van der Waals surface area contributed by atoms with Crippen molar-refractivity contribution in [2.45, 2.75) is 102 Å². The molecule has 5 N–H and O–H groups in total. The molecule has 3 amide bonds. The molecule has 1 aliphatic carbocycles. The van der Waals surface area contributed by atoms with E-state index in [0.717, 1.165) is 24.0 Å². The highest BCUT2D eigenvalue weighted by atomic mass is 32.2. The number of amides is 3. The molecule has 0 radical (unpaired) electrons. The van der Waals surface area contributed by atoms with Gasteiger partial charge in [0.25, 0.3) is 15.9 Å². The molecule has 0 heterocycles. The number of nitrogens with two attached hydrogens (primary N) is 1. The molecule has 0 saturated heterocycles. The summed E-state index contributed by atoms with van der Waals surface area (Å²) in [5.41, 5.74) is 6.55. The van der Waals surface area contributed by atoms with Gasteiger partial charge in [-0.15, -0.1) is 0 Å². The molecule has 1 aliphatic rings. The van der Waals surface area contributed by atoms with E-state index in [-0.39, 0.29) is 28.2 Å². The molecule has 0 spiro atoms. The molecule has 2 aromatic rings. The average Bonchev–Trinajstić information content (AvgIpc) is 3.75. The van der Waals surface area contributed by atoms with Crippen LogP contribution in [-0.4, -0.2) is 63.3 Å². The summed E-state index contributed by atoms with van der Waals surface area (Å²) in [6, 6.07) is 13.9. The maximum Gasteiger partial charge on any atom is 0.264 e. The third-order valence-electron chi connectivity index (χ3n) is 9.20. The van der Waals surface area contributed by atoms with Gasteiger partial charge in [-0.05, 0) is 61.4 Å². The van der Waals surface area contributed by atoms with Crippen LogP contribution in [0.4, 0.5) is 0 Å². The van der Waals surface area contributed by atoms with Gasteiger partial charge in [-0.25, -0.2) is 13.1 Å². The van der Waals surface area contributed by atoms with Crippen LogP contribution < -0.4 is 21.1 Å². The molecule has 10 nitrogen and oxygen atoms in total. The summed E-state index contributed by atoms with van der Waals surface area (Å²) >= 11 is 0. The normalized spacial score (nSPS) is 17.0. The first-order valence-corrected chi connectivity index (χ1v) is 17.6. The summed E-state index contributed by atoms with van der Waals surface area (Å²) in [6.07, 6.45) is 3.29. The number of sulfonamides is 1. The van der Waals surface area contributed by atoms with E-state index in [0.29, 0.717) is 0 Å². The van der Waals surface area contributed by atoms with Crippen molar-refractivity contribution in [3.63, 3.8) is 0 Å². The first-order valence-electron chi connectivity index (χ1n) is 16.1. The summed E-state index contributed by atoms with van der Waals surface area (Å²) in [5.74, 6) is -1.58. The number of hydrogen-bond donors (Lipinski definition) is 4. The largest absolute Gasteiger partial charge is 0.342 e. The van der Waals surface area contributed by atoms with Gasteiger partial charge in [0.05, 0.1) is 17.0 Å². The third kappa shape index (κ3) is 8.88. The molecule has 3 rings (SSSR count). The fourth-order valence-corrected chi connectivity index (χ4v) is 6.83. The number of carbonyl (C=O) groups is 3. The maximum absolute atomic E-state index is 14.1. The van der Waals surface area contributed by atoms with Gasteiger partial charge in [-0.1, -0.05) is 97.0 Å². The highest BCUT2D eigenvalue weighted by Crippen LogP contribution is 2.42. The van der Waals surface area contributed by atoms with Crippen molar-refractivity contribution in [3.05, 3.63) is 77.4 Å². The number of nitrogens with zero attached hydrogens (tertiary/aromatic N) is 1. The summed E-state index contributed by atoms with van der Waals surface area (Å²) < 4.78 is 28.2. The summed E-state index contributed by atoms with van der Waals surface area (Å²) in [6.45, 7) is 14.9. The minimum atomic E-state index is -4.14. The first kappa shape index (κ1) is 37.9. The quantitative estimate of drug-likeness (QED) is 0.236. The van der Waals surface area contributed by atoms with Gasteiger partial charge in [-0.3, -0.25) is 14.4 Å². The maximum atomic E-state index is 14.1. The van der Waals surface area contributed by atoms with Gasteiger partial charge in [0.2, 0.25) is 11.8 Å². The van der Waals surface area contributed by atoms with Crippen molar-refractivity contribution in [1.29, 1.82) is 0 Å². The number of carbonyl (C=O) groups excluding carboxylic acids is 3. The Kier molecular flexibility index (Phi) is 11.5. The molecular formula is C36H53N5O5S. The molecule has 11 heteroatoms. The van der Waals surface area contributed by atoms with Crippen LogP contribution in [0.1, 0.15) is 79.4 Å². The van der Waals surface area contributed by atoms with Gasteiger partial charge in [0.1, 0.15) is 6.04 Å². The minimum absolute atomic E-state index is 0.0431. The van der Waals surface area contributed by atoms with E-state index < -0.39 is 50.4 Å². The number of benzene rings is 2. The Balaban J connectivity index is 1.80. The van der Waals surface area contributed by atoms with Crippen LogP contribution in [0.2, 0.25) is 0 Å². The molecule has 258 valence electrons. The van der Waals surface area contributed by atoms with Crippen molar-refractivity contribution in [3.8, 4) is 0 Å². The summed E-state index contributed by atoms with van der Waals surface area (Å²) in [7, 11) is -0.790. The second-order valence-corrected chi connectivity index (χ2v) is 16.4. The van der Waals surface area contributed by atoms with Crippen molar-refractivity contribution in [1.82, 2.24) is 20.3 Å². The first-order chi connectivity index (χ1) is 21.7. The molecular weight excluding hydrogens is 614 g/mol. The van der Waals surface area contributed by atoms with Crippen LogP contribution in [-0.2, 0) is 35.4 Å². The lowest BCUT2D eigenvalue weighted by molar-refractivity contribution is -0.140. The van der Waals surface area contributed by atoms with Gasteiger partial charge >= 0.3 is 0 Å². The monoisotopic (exact) mass is 667 g/mol. The van der Waals surface area contributed by atoms with E-state index in [9.17, 15) is 22.8 Å². The Morgan fingerprint density at radius 3 is 1.96 bits per heavy atom. The van der Waals surface area contributed by atoms with Crippen LogP contribution in [0.5, 0.6) is 0 Å². The lowest BCUT2D eigenvalue weighted by Gasteiger charge is -2.40. The van der Waals surface area contributed by atoms with Crippen molar-refractivity contribution in [2.24, 2.45) is 17.1 Å². The van der Waals surface area contributed by atoms with Crippen molar-refractivity contribution >= 4 is 27.7 Å². The minimum Gasteiger partial charge on any atom is -0.342 e. The second kappa shape index (κ2) is 14.3. The number of likely N-dealkylation sites (N-methyl/N-ethyl adjacent to an activating group) is 2. The third-order valence-corrected chi connectivity index (χ3v) is 10.5. The molecule has 1 saturated carbocycles. The molecule has 1 fully saturated rings. The van der Waals surface area contributed by atoms with Crippen molar-refractivity contribution < 1.29 is 22.8 Å². The van der Waals surface area contributed by atoms with Gasteiger partial charge in [0, 0.05) is 23.6 Å². The SMILES string of the molecule is CNC(C(=O)NC(C(=O)N(C)C(C=C(C)C(=O)NS(=O)(=O)c1ccc(C2(N)CC2)cc1)C(C)C)C(C)(C)C)C(C)(C)c1ccccc1. The van der Waals surface area contributed by atoms with Gasteiger partial charge in [-0.2, -0.15) is 0 Å². The zero-order chi connectivity index (χ0) is 35.5. The Morgan fingerprint density at radius 1 is 0.936 bits per heavy atom. The molecule has 3 atom stereocenters. The van der Waals surface area contributed by atoms with Crippen LogP contribution in [0, 0.1) is 11.3 Å². The highest BCUT2D eigenvalue weighted by molar-refractivity contribution is 7.90.